The minimum atomic E-state index is -0.772. The summed E-state index contributed by atoms with van der Waals surface area (Å²) in [7, 11) is 0. The van der Waals surface area contributed by atoms with Crippen molar-refractivity contribution < 1.29 is 28.5 Å². The highest BCUT2D eigenvalue weighted by Gasteiger charge is 2.21. The van der Waals surface area contributed by atoms with E-state index in [0.717, 1.165) is 5.56 Å². The second-order valence-corrected chi connectivity index (χ2v) is 8.37. The molecule has 6 heteroatoms. The van der Waals surface area contributed by atoms with E-state index in [1.54, 1.807) is 0 Å². The van der Waals surface area contributed by atoms with Crippen molar-refractivity contribution in [2.45, 2.75) is 34.6 Å². The number of hydrogen-bond donors (Lipinski definition) is 0. The Morgan fingerprint density at radius 3 is 1.65 bits per heavy atom. The monoisotopic (exact) mass is 424 g/mol. The molecule has 0 saturated heterocycles. The van der Waals surface area contributed by atoms with E-state index in [9.17, 15) is 9.59 Å². The average Bonchev–Trinajstić information content (AvgIpc) is 2.73. The Hall–Kier alpha value is -3.28. The Labute approximate surface area is 182 Å². The van der Waals surface area contributed by atoms with Gasteiger partial charge < -0.3 is 18.9 Å². The summed E-state index contributed by atoms with van der Waals surface area (Å²) < 4.78 is 21.7. The molecule has 0 N–H and O–H groups in total. The van der Waals surface area contributed by atoms with Crippen molar-refractivity contribution in [2.75, 3.05) is 13.2 Å². The highest BCUT2D eigenvalue weighted by Crippen LogP contribution is 2.43. The quantitative estimate of drug-likeness (QED) is 0.251. The van der Waals surface area contributed by atoms with Crippen molar-refractivity contribution in [1.82, 2.24) is 0 Å². The van der Waals surface area contributed by atoms with E-state index in [0.29, 0.717) is 33.0 Å². The number of fused-ring (bicyclic) bond motifs is 2. The summed E-state index contributed by atoms with van der Waals surface area (Å²) in [4.78, 5) is 24.7. The summed E-state index contributed by atoms with van der Waals surface area (Å²) in [5.74, 6) is 1.11. The number of benzene rings is 3. The third-order valence-electron chi connectivity index (χ3n) is 4.52. The van der Waals surface area contributed by atoms with E-state index in [2.05, 4.69) is 0 Å². The van der Waals surface area contributed by atoms with Gasteiger partial charge in [0.1, 0.15) is 11.5 Å². The molecule has 0 aliphatic carbocycles. The molecule has 164 valence electrons. The minimum Gasteiger partial charge on any atom is -0.434 e. The number of aryl methyl sites for hydroxylation is 1. The van der Waals surface area contributed by atoms with Gasteiger partial charge in [-0.2, -0.15) is 0 Å². The van der Waals surface area contributed by atoms with Crippen molar-refractivity contribution in [2.24, 2.45) is 11.8 Å². The molecule has 31 heavy (non-hydrogen) atoms. The molecule has 0 atom stereocenters. The highest BCUT2D eigenvalue weighted by molar-refractivity contribution is 6.12. The Kier molecular flexibility index (Phi) is 7.00. The summed E-state index contributed by atoms with van der Waals surface area (Å²) in [5, 5.41) is 2.55. The van der Waals surface area contributed by atoms with Crippen molar-refractivity contribution in [1.29, 1.82) is 0 Å². The maximum atomic E-state index is 12.4. The van der Waals surface area contributed by atoms with Gasteiger partial charge in [0.2, 0.25) is 0 Å². The second kappa shape index (κ2) is 9.69. The molecular weight excluding hydrogens is 396 g/mol. The molecule has 0 aliphatic rings. The summed E-state index contributed by atoms with van der Waals surface area (Å²) in [6, 6.07) is 12.9. The van der Waals surface area contributed by atoms with Gasteiger partial charge >= 0.3 is 12.3 Å². The smallest absolute Gasteiger partial charge is 0.434 e. The molecule has 3 rings (SSSR count). The normalized spacial score (nSPS) is 11.2. The Bertz CT molecular complexity index is 1100. The topological polar surface area (TPSA) is 71.1 Å². The fourth-order valence-corrected chi connectivity index (χ4v) is 3.13. The van der Waals surface area contributed by atoms with Crippen molar-refractivity contribution in [3.63, 3.8) is 0 Å². The SMILES string of the molecule is Cc1ccc2c(OC(=O)OCC(C)C)c3ccccc3c(OC(=O)OCC(C)C)c2c1. The molecule has 0 saturated carbocycles. The fraction of sp³-hybridized carbons (Fsp3) is 0.360. The van der Waals surface area contributed by atoms with Crippen LogP contribution in [0.4, 0.5) is 9.59 Å². The third kappa shape index (κ3) is 5.45. The molecule has 0 aromatic heterocycles. The molecule has 0 radical (unpaired) electrons. The molecule has 6 nitrogen and oxygen atoms in total. The first kappa shape index (κ1) is 22.4. The van der Waals surface area contributed by atoms with Crippen molar-refractivity contribution in [3.05, 3.63) is 48.0 Å². The zero-order valence-corrected chi connectivity index (χ0v) is 18.6. The molecule has 0 aliphatic heterocycles. The number of carbonyl (C=O) groups excluding carboxylic acids is 2. The van der Waals surface area contributed by atoms with Crippen LogP contribution in [-0.4, -0.2) is 25.5 Å². The summed E-state index contributed by atoms with van der Waals surface area (Å²) in [6.07, 6.45) is -1.54. The summed E-state index contributed by atoms with van der Waals surface area (Å²) in [5.41, 5.74) is 0.969. The molecule has 3 aromatic carbocycles. The van der Waals surface area contributed by atoms with Crippen LogP contribution in [0.1, 0.15) is 33.3 Å². The van der Waals surface area contributed by atoms with Crippen LogP contribution in [0.25, 0.3) is 21.5 Å². The highest BCUT2D eigenvalue weighted by atomic mass is 16.7. The largest absolute Gasteiger partial charge is 0.513 e. The molecular formula is C25H28O6. The van der Waals surface area contributed by atoms with Crippen molar-refractivity contribution >= 4 is 33.9 Å². The Balaban J connectivity index is 2.11. The fourth-order valence-electron chi connectivity index (χ4n) is 3.13. The van der Waals surface area contributed by atoms with E-state index in [-0.39, 0.29) is 25.0 Å². The molecule has 0 unspecified atom stereocenters. The average molecular weight is 424 g/mol. The number of ether oxygens (including phenoxy) is 4. The van der Waals surface area contributed by atoms with E-state index < -0.39 is 12.3 Å². The van der Waals surface area contributed by atoms with Crippen LogP contribution < -0.4 is 9.47 Å². The van der Waals surface area contributed by atoms with Crippen LogP contribution in [0.2, 0.25) is 0 Å². The van der Waals surface area contributed by atoms with Gasteiger partial charge in [0.05, 0.1) is 13.2 Å². The van der Waals surface area contributed by atoms with Gasteiger partial charge in [-0.25, -0.2) is 9.59 Å². The van der Waals surface area contributed by atoms with Crippen LogP contribution in [-0.2, 0) is 9.47 Å². The molecule has 0 fully saturated rings. The maximum absolute atomic E-state index is 12.4. The molecule has 0 amide bonds. The van der Waals surface area contributed by atoms with Crippen molar-refractivity contribution in [3.8, 4) is 11.5 Å². The van der Waals surface area contributed by atoms with E-state index >= 15 is 0 Å². The zero-order valence-electron chi connectivity index (χ0n) is 18.6. The van der Waals surface area contributed by atoms with Gasteiger partial charge in [-0.15, -0.1) is 0 Å². The van der Waals surface area contributed by atoms with Crippen LogP contribution in [0.5, 0.6) is 11.5 Å². The lowest BCUT2D eigenvalue weighted by atomic mass is 9.99. The van der Waals surface area contributed by atoms with E-state index in [1.165, 1.54) is 0 Å². The lowest BCUT2D eigenvalue weighted by Gasteiger charge is -2.17. The molecule has 0 spiro atoms. The molecule has 0 heterocycles. The first-order valence-electron chi connectivity index (χ1n) is 10.4. The lowest BCUT2D eigenvalue weighted by molar-refractivity contribution is 0.0879. The first-order valence-corrected chi connectivity index (χ1v) is 10.4. The number of carbonyl (C=O) groups is 2. The molecule has 0 bridgehead atoms. The van der Waals surface area contributed by atoms with Gasteiger partial charge in [0.15, 0.2) is 0 Å². The van der Waals surface area contributed by atoms with Crippen LogP contribution in [0.3, 0.4) is 0 Å². The third-order valence-corrected chi connectivity index (χ3v) is 4.52. The summed E-state index contributed by atoms with van der Waals surface area (Å²) in [6.45, 7) is 10.3. The minimum absolute atomic E-state index is 0.191. The van der Waals surface area contributed by atoms with Gasteiger partial charge in [0.25, 0.3) is 0 Å². The van der Waals surface area contributed by atoms with E-state index in [4.69, 9.17) is 18.9 Å². The van der Waals surface area contributed by atoms with Gasteiger partial charge in [-0.3, -0.25) is 0 Å². The van der Waals surface area contributed by atoms with Gasteiger partial charge in [0, 0.05) is 21.5 Å². The van der Waals surface area contributed by atoms with Crippen LogP contribution >= 0.6 is 0 Å². The maximum Gasteiger partial charge on any atom is 0.513 e. The van der Waals surface area contributed by atoms with Crippen LogP contribution in [0, 0.1) is 18.8 Å². The number of rotatable bonds is 6. The second-order valence-electron chi connectivity index (χ2n) is 8.37. The predicted octanol–water partition coefficient (Wildman–Crippen LogP) is 6.64. The zero-order chi connectivity index (χ0) is 22.5. The lowest BCUT2D eigenvalue weighted by Crippen LogP contribution is -2.16. The predicted molar refractivity (Wildman–Crippen MR) is 120 cm³/mol. The molecule has 3 aromatic rings. The van der Waals surface area contributed by atoms with Gasteiger partial charge in [-0.05, 0) is 24.8 Å². The Morgan fingerprint density at radius 2 is 1.16 bits per heavy atom. The number of hydrogen-bond acceptors (Lipinski definition) is 6. The summed E-state index contributed by atoms with van der Waals surface area (Å²) >= 11 is 0. The standard InChI is InChI=1S/C25H28O6/c1-15(2)13-28-24(26)30-22-18-8-6-7-9-19(18)23(31-25(27)29-14-16(3)4)21-12-17(5)10-11-20(21)22/h6-12,15-16H,13-14H2,1-5H3. The Morgan fingerprint density at radius 1 is 0.710 bits per heavy atom. The van der Waals surface area contributed by atoms with Gasteiger partial charge in [-0.1, -0.05) is 69.7 Å². The van der Waals surface area contributed by atoms with Crippen LogP contribution in [0.15, 0.2) is 42.5 Å². The van der Waals surface area contributed by atoms with E-state index in [1.807, 2.05) is 77.1 Å². The first-order chi connectivity index (χ1) is 14.8.